The predicted molar refractivity (Wildman–Crippen MR) is 100 cm³/mol. The van der Waals surface area contributed by atoms with E-state index in [4.69, 9.17) is 9.84 Å². The number of carbonyl (C=O) groups is 2. The van der Waals surface area contributed by atoms with Crippen LogP contribution in [-0.2, 0) is 9.53 Å². The molecule has 2 aromatic rings. The van der Waals surface area contributed by atoms with Crippen LogP contribution >= 0.6 is 22.6 Å². The summed E-state index contributed by atoms with van der Waals surface area (Å²) in [4.78, 5) is 24.0. The van der Waals surface area contributed by atoms with Crippen molar-refractivity contribution < 1.29 is 19.4 Å². The summed E-state index contributed by atoms with van der Waals surface area (Å²) in [6, 6.07) is 14.1. The number of carbonyl (C=O) groups excluding carboxylic acids is 2. The molecule has 0 unspecified atom stereocenters. The normalized spacial score (nSPS) is 10.1. The van der Waals surface area contributed by atoms with Gasteiger partial charge < -0.3 is 20.5 Å². The highest BCUT2D eigenvalue weighted by molar-refractivity contribution is 14.1. The summed E-state index contributed by atoms with van der Waals surface area (Å²) in [5.74, 6) is -1.01. The van der Waals surface area contributed by atoms with E-state index in [0.717, 1.165) is 3.57 Å². The van der Waals surface area contributed by atoms with Crippen LogP contribution in [0.15, 0.2) is 48.5 Å². The monoisotopic (exact) mass is 440 g/mol. The number of amides is 1. The zero-order valence-electron chi connectivity index (χ0n) is 12.8. The quantitative estimate of drug-likeness (QED) is 0.455. The van der Waals surface area contributed by atoms with Gasteiger partial charge in [-0.1, -0.05) is 18.2 Å². The molecule has 0 saturated carbocycles. The average Bonchev–Trinajstić information content (AvgIpc) is 2.58. The van der Waals surface area contributed by atoms with Crippen LogP contribution in [0, 0.1) is 3.57 Å². The molecule has 1 amide bonds. The maximum atomic E-state index is 12.1. The van der Waals surface area contributed by atoms with E-state index in [2.05, 4.69) is 33.2 Å². The minimum Gasteiger partial charge on any atom is -0.452 e. The lowest BCUT2D eigenvalue weighted by Gasteiger charge is -2.11. The molecule has 0 spiro atoms. The number of halogens is 1. The second-order valence-electron chi connectivity index (χ2n) is 4.83. The third-order valence-corrected chi connectivity index (χ3v) is 3.69. The minimum atomic E-state index is -0.603. The molecule has 0 saturated heterocycles. The van der Waals surface area contributed by atoms with E-state index in [1.807, 2.05) is 18.2 Å². The Labute approximate surface area is 153 Å². The van der Waals surface area contributed by atoms with E-state index >= 15 is 0 Å². The van der Waals surface area contributed by atoms with Gasteiger partial charge in [0.2, 0.25) is 0 Å². The van der Waals surface area contributed by atoms with E-state index in [1.165, 1.54) is 0 Å². The summed E-state index contributed by atoms with van der Waals surface area (Å²) in [7, 11) is 0. The molecule has 0 aliphatic rings. The van der Waals surface area contributed by atoms with E-state index in [9.17, 15) is 9.59 Å². The van der Waals surface area contributed by atoms with Crippen molar-refractivity contribution in [2.45, 2.75) is 0 Å². The van der Waals surface area contributed by atoms with Crippen LogP contribution in [0.5, 0.6) is 0 Å². The average molecular weight is 440 g/mol. The van der Waals surface area contributed by atoms with Gasteiger partial charge in [0, 0.05) is 21.5 Å². The molecule has 0 radical (unpaired) electrons. The van der Waals surface area contributed by atoms with Gasteiger partial charge in [-0.3, -0.25) is 4.79 Å². The lowest BCUT2D eigenvalue weighted by atomic mass is 10.2. The minimum absolute atomic E-state index is 0.0539. The molecule has 126 valence electrons. The molecule has 0 atom stereocenters. The van der Waals surface area contributed by atoms with E-state index < -0.39 is 11.9 Å². The van der Waals surface area contributed by atoms with Gasteiger partial charge in [0.25, 0.3) is 5.91 Å². The first-order valence-corrected chi connectivity index (χ1v) is 8.34. The van der Waals surface area contributed by atoms with Gasteiger partial charge in [0.15, 0.2) is 6.61 Å². The zero-order chi connectivity index (χ0) is 17.4. The molecular weight excluding hydrogens is 423 g/mol. The lowest BCUT2D eigenvalue weighted by molar-refractivity contribution is -0.119. The number of rotatable bonds is 7. The molecule has 0 heterocycles. The molecule has 6 nitrogen and oxygen atoms in total. The molecule has 2 rings (SSSR count). The molecule has 3 N–H and O–H groups in total. The fourth-order valence-electron chi connectivity index (χ4n) is 1.98. The number of hydrogen-bond donors (Lipinski definition) is 3. The summed E-state index contributed by atoms with van der Waals surface area (Å²) < 4.78 is 6.05. The lowest BCUT2D eigenvalue weighted by Crippen LogP contribution is -2.21. The summed E-state index contributed by atoms with van der Waals surface area (Å²) in [6.45, 7) is -0.113. The second kappa shape index (κ2) is 9.24. The van der Waals surface area contributed by atoms with Crippen molar-refractivity contribution in [3.8, 4) is 0 Å². The number of anilines is 2. The first-order chi connectivity index (χ1) is 11.6. The topological polar surface area (TPSA) is 87.7 Å². The Kier molecular flexibility index (Phi) is 7.01. The fraction of sp³-hybridized carbons (Fsp3) is 0.176. The fourth-order valence-corrected chi connectivity index (χ4v) is 2.52. The number of nitrogens with one attached hydrogen (secondary N) is 2. The van der Waals surface area contributed by atoms with Crippen molar-refractivity contribution >= 4 is 45.8 Å². The molecule has 0 bridgehead atoms. The Morgan fingerprint density at radius 3 is 2.67 bits per heavy atom. The van der Waals surface area contributed by atoms with Crippen molar-refractivity contribution in [3.05, 3.63) is 57.7 Å². The maximum Gasteiger partial charge on any atom is 0.340 e. The molecule has 0 aromatic heterocycles. The number of hydrogen-bond acceptors (Lipinski definition) is 5. The standard InChI is InChI=1S/C17H17IN2O4/c18-12-4-3-5-13(10-12)20-16(22)11-24-17(23)14-6-1-2-7-15(14)19-8-9-21/h1-7,10,19,21H,8-9,11H2,(H,20,22). The summed E-state index contributed by atoms with van der Waals surface area (Å²) in [5, 5.41) is 14.5. The molecule has 0 fully saturated rings. The summed E-state index contributed by atoms with van der Waals surface area (Å²) in [5.41, 5.74) is 1.51. The van der Waals surface area contributed by atoms with Crippen LogP contribution in [0.1, 0.15) is 10.4 Å². The van der Waals surface area contributed by atoms with Gasteiger partial charge in [-0.15, -0.1) is 0 Å². The summed E-state index contributed by atoms with van der Waals surface area (Å²) in [6.07, 6.45) is 0. The Hall–Kier alpha value is -2.13. The number of aliphatic hydroxyl groups is 1. The third kappa shape index (κ3) is 5.50. The highest BCUT2D eigenvalue weighted by Gasteiger charge is 2.14. The van der Waals surface area contributed by atoms with E-state index in [0.29, 0.717) is 23.5 Å². The van der Waals surface area contributed by atoms with Gasteiger partial charge in [0.1, 0.15) is 0 Å². The number of esters is 1. The van der Waals surface area contributed by atoms with Gasteiger partial charge in [0.05, 0.1) is 12.2 Å². The van der Waals surface area contributed by atoms with Crippen LogP contribution in [0.25, 0.3) is 0 Å². The van der Waals surface area contributed by atoms with Crippen LogP contribution in [0.4, 0.5) is 11.4 Å². The second-order valence-corrected chi connectivity index (χ2v) is 6.08. The third-order valence-electron chi connectivity index (χ3n) is 3.02. The maximum absolute atomic E-state index is 12.1. The molecule has 24 heavy (non-hydrogen) atoms. The Morgan fingerprint density at radius 1 is 1.12 bits per heavy atom. The van der Waals surface area contributed by atoms with Gasteiger partial charge >= 0.3 is 5.97 Å². The molecule has 0 aliphatic carbocycles. The Morgan fingerprint density at radius 2 is 1.92 bits per heavy atom. The highest BCUT2D eigenvalue weighted by Crippen LogP contribution is 2.16. The predicted octanol–water partition coefficient (Wildman–Crippen LogP) is 2.49. The first-order valence-electron chi connectivity index (χ1n) is 7.26. The van der Waals surface area contributed by atoms with Crippen molar-refractivity contribution in [2.24, 2.45) is 0 Å². The van der Waals surface area contributed by atoms with Crippen LogP contribution in [0.2, 0.25) is 0 Å². The number of benzene rings is 2. The Balaban J connectivity index is 1.92. The molecule has 7 heteroatoms. The zero-order valence-corrected chi connectivity index (χ0v) is 14.9. The summed E-state index contributed by atoms with van der Waals surface area (Å²) >= 11 is 2.14. The van der Waals surface area contributed by atoms with Crippen LogP contribution in [0.3, 0.4) is 0 Å². The number of ether oxygens (including phenoxy) is 1. The van der Waals surface area contributed by atoms with Crippen molar-refractivity contribution in [1.82, 2.24) is 0 Å². The Bertz CT molecular complexity index is 721. The SMILES string of the molecule is O=C(COC(=O)c1ccccc1NCCO)Nc1cccc(I)c1. The molecule has 2 aromatic carbocycles. The van der Waals surface area contributed by atoms with Gasteiger partial charge in [-0.2, -0.15) is 0 Å². The van der Waals surface area contributed by atoms with Crippen LogP contribution < -0.4 is 10.6 Å². The largest absolute Gasteiger partial charge is 0.452 e. The van der Waals surface area contributed by atoms with Crippen molar-refractivity contribution in [2.75, 3.05) is 30.4 Å². The van der Waals surface area contributed by atoms with Crippen molar-refractivity contribution in [3.63, 3.8) is 0 Å². The van der Waals surface area contributed by atoms with Crippen LogP contribution in [-0.4, -0.2) is 36.7 Å². The molecular formula is C17H17IN2O4. The smallest absolute Gasteiger partial charge is 0.340 e. The highest BCUT2D eigenvalue weighted by atomic mass is 127. The van der Waals surface area contributed by atoms with Gasteiger partial charge in [-0.25, -0.2) is 4.79 Å². The molecule has 0 aliphatic heterocycles. The van der Waals surface area contributed by atoms with Crippen molar-refractivity contribution in [1.29, 1.82) is 0 Å². The van der Waals surface area contributed by atoms with Gasteiger partial charge in [-0.05, 0) is 52.9 Å². The number of aliphatic hydroxyl groups excluding tert-OH is 1. The first kappa shape index (κ1) is 18.2. The number of para-hydroxylation sites is 1. The van der Waals surface area contributed by atoms with E-state index in [-0.39, 0.29) is 13.2 Å². The van der Waals surface area contributed by atoms with E-state index in [1.54, 1.807) is 30.3 Å².